The topological polar surface area (TPSA) is 117 Å². The smallest absolute Gasteiger partial charge is 0.313 e. The number of nitrogens with one attached hydrogen (secondary N) is 2. The van der Waals surface area contributed by atoms with Gasteiger partial charge in [0.2, 0.25) is 0 Å². The predicted octanol–water partition coefficient (Wildman–Crippen LogP) is 0.140. The number of aliphatic hydroxyl groups is 1. The third-order valence-corrected chi connectivity index (χ3v) is 4.60. The maximum absolute atomic E-state index is 12.2. The quantitative estimate of drug-likeness (QED) is 0.568. The number of ether oxygens (including phenoxy) is 2. The first-order valence-electron chi connectivity index (χ1n) is 9.20. The van der Waals surface area contributed by atoms with Crippen molar-refractivity contribution in [3.05, 3.63) is 24.3 Å². The molecule has 9 heteroatoms. The van der Waals surface area contributed by atoms with Crippen LogP contribution in [0.4, 0.5) is 5.69 Å². The molecule has 28 heavy (non-hydrogen) atoms. The average molecular weight is 393 g/mol. The molecule has 1 fully saturated rings. The first-order valence-corrected chi connectivity index (χ1v) is 9.20. The Morgan fingerprint density at radius 2 is 1.89 bits per heavy atom. The molecule has 1 atom stereocenters. The molecule has 0 radical (unpaired) electrons. The van der Waals surface area contributed by atoms with E-state index in [1.54, 1.807) is 43.0 Å². The van der Waals surface area contributed by atoms with E-state index >= 15 is 0 Å². The van der Waals surface area contributed by atoms with Gasteiger partial charge in [0.05, 0.1) is 31.0 Å². The van der Waals surface area contributed by atoms with E-state index < -0.39 is 17.4 Å². The summed E-state index contributed by atoms with van der Waals surface area (Å²) in [5.41, 5.74) is -0.603. The fraction of sp³-hybridized carbons (Fsp3) is 0.526. The molecule has 0 spiro atoms. The summed E-state index contributed by atoms with van der Waals surface area (Å²) in [6, 6.07) is 6.55. The third-order valence-electron chi connectivity index (χ3n) is 4.60. The Labute approximate surface area is 164 Å². The van der Waals surface area contributed by atoms with Crippen molar-refractivity contribution in [2.45, 2.75) is 25.8 Å². The van der Waals surface area contributed by atoms with Crippen LogP contribution in [0.1, 0.15) is 20.3 Å². The van der Waals surface area contributed by atoms with Gasteiger partial charge in [-0.25, -0.2) is 0 Å². The summed E-state index contributed by atoms with van der Waals surface area (Å²) < 4.78 is 10.8. The van der Waals surface area contributed by atoms with Crippen molar-refractivity contribution in [3.8, 4) is 5.75 Å². The summed E-state index contributed by atoms with van der Waals surface area (Å²) >= 11 is 0. The van der Waals surface area contributed by atoms with E-state index in [9.17, 15) is 19.5 Å². The van der Waals surface area contributed by atoms with E-state index in [-0.39, 0.29) is 30.6 Å². The number of morpholine rings is 1. The van der Waals surface area contributed by atoms with Crippen LogP contribution in [0.5, 0.6) is 5.75 Å². The number of carbonyl (C=O) groups is 3. The second-order valence-electron chi connectivity index (χ2n) is 6.76. The Bertz CT molecular complexity index is 699. The summed E-state index contributed by atoms with van der Waals surface area (Å²) in [7, 11) is 0. The van der Waals surface area contributed by atoms with Crippen LogP contribution in [0.2, 0.25) is 0 Å². The molecule has 0 aliphatic carbocycles. The number of benzene rings is 1. The van der Waals surface area contributed by atoms with Gasteiger partial charge in [0.15, 0.2) is 6.61 Å². The Morgan fingerprint density at radius 3 is 2.54 bits per heavy atom. The molecule has 0 unspecified atom stereocenters. The minimum atomic E-state index is -0.885. The minimum absolute atomic E-state index is 0.177. The molecular weight excluding hydrogens is 366 g/mol. The van der Waals surface area contributed by atoms with Crippen LogP contribution in [0.15, 0.2) is 24.3 Å². The number of anilines is 1. The highest BCUT2D eigenvalue weighted by atomic mass is 16.5. The molecule has 3 amide bonds. The van der Waals surface area contributed by atoms with Crippen molar-refractivity contribution in [1.29, 1.82) is 0 Å². The summed E-state index contributed by atoms with van der Waals surface area (Å²) in [5.74, 6) is -1.64. The molecule has 1 aliphatic rings. The standard InChI is InChI=1S/C19H27N3O6/c1-3-19(2,13-23)21-18(26)17(25)20-14-6-4-5-7-15(14)28-12-16(24)22-8-10-27-11-9-22/h4-7,23H,3,8-13H2,1-2H3,(H,20,25)(H,21,26)/t19-/m0/s1. The Morgan fingerprint density at radius 1 is 1.21 bits per heavy atom. The normalized spacial score (nSPS) is 16.0. The molecule has 1 aromatic carbocycles. The van der Waals surface area contributed by atoms with Gasteiger partial charge in [-0.1, -0.05) is 19.1 Å². The summed E-state index contributed by atoms with van der Waals surface area (Å²) in [4.78, 5) is 38.2. The number of rotatable bonds is 7. The SMILES string of the molecule is CC[C@@](C)(CO)NC(=O)C(=O)Nc1ccccc1OCC(=O)N1CCOCC1. The lowest BCUT2D eigenvalue weighted by Crippen LogP contribution is -2.51. The lowest BCUT2D eigenvalue weighted by atomic mass is 10.0. The van der Waals surface area contributed by atoms with Crippen LogP contribution in [0, 0.1) is 0 Å². The second kappa shape index (κ2) is 10.0. The summed E-state index contributed by atoms with van der Waals surface area (Å²) in [5, 5.41) is 14.4. The van der Waals surface area contributed by atoms with Crippen LogP contribution in [0.3, 0.4) is 0 Å². The Kier molecular flexibility index (Phi) is 7.77. The molecule has 1 heterocycles. The highest BCUT2D eigenvalue weighted by molar-refractivity contribution is 6.40. The maximum Gasteiger partial charge on any atom is 0.313 e. The summed E-state index contributed by atoms with van der Waals surface area (Å²) in [6.45, 7) is 5.00. The van der Waals surface area contributed by atoms with Crippen molar-refractivity contribution in [1.82, 2.24) is 10.2 Å². The van der Waals surface area contributed by atoms with Crippen molar-refractivity contribution in [2.75, 3.05) is 44.8 Å². The molecule has 154 valence electrons. The average Bonchev–Trinajstić information content (AvgIpc) is 2.73. The van der Waals surface area contributed by atoms with Crippen molar-refractivity contribution < 1.29 is 29.0 Å². The first kappa shape index (κ1) is 21.6. The van der Waals surface area contributed by atoms with Crippen LogP contribution in [-0.2, 0) is 19.1 Å². The highest BCUT2D eigenvalue weighted by Gasteiger charge is 2.27. The second-order valence-corrected chi connectivity index (χ2v) is 6.76. The lowest BCUT2D eigenvalue weighted by Gasteiger charge is -2.27. The van der Waals surface area contributed by atoms with E-state index in [2.05, 4.69) is 10.6 Å². The van der Waals surface area contributed by atoms with Crippen molar-refractivity contribution >= 4 is 23.4 Å². The van der Waals surface area contributed by atoms with Gasteiger partial charge >= 0.3 is 11.8 Å². The zero-order valence-corrected chi connectivity index (χ0v) is 16.2. The van der Waals surface area contributed by atoms with Crippen molar-refractivity contribution in [3.63, 3.8) is 0 Å². The van der Waals surface area contributed by atoms with Gasteiger partial charge in [0.1, 0.15) is 5.75 Å². The third kappa shape index (κ3) is 5.93. The van der Waals surface area contributed by atoms with Crippen LogP contribution in [-0.4, -0.2) is 72.8 Å². The van der Waals surface area contributed by atoms with Crippen LogP contribution >= 0.6 is 0 Å². The number of nitrogens with zero attached hydrogens (tertiary/aromatic N) is 1. The molecule has 1 aliphatic heterocycles. The number of para-hydroxylation sites is 2. The Hall–Kier alpha value is -2.65. The van der Waals surface area contributed by atoms with Gasteiger partial charge < -0.3 is 30.1 Å². The predicted molar refractivity (Wildman–Crippen MR) is 102 cm³/mol. The number of hydrogen-bond acceptors (Lipinski definition) is 6. The van der Waals surface area contributed by atoms with Crippen molar-refractivity contribution in [2.24, 2.45) is 0 Å². The fourth-order valence-corrected chi connectivity index (χ4v) is 2.49. The molecule has 0 aromatic heterocycles. The monoisotopic (exact) mass is 393 g/mol. The van der Waals surface area contributed by atoms with E-state index in [4.69, 9.17) is 9.47 Å². The van der Waals surface area contributed by atoms with E-state index in [1.807, 2.05) is 0 Å². The number of hydrogen-bond donors (Lipinski definition) is 3. The van der Waals surface area contributed by atoms with Gasteiger partial charge in [-0.05, 0) is 25.5 Å². The van der Waals surface area contributed by atoms with Gasteiger partial charge in [0, 0.05) is 13.1 Å². The number of amides is 3. The Balaban J connectivity index is 1.96. The van der Waals surface area contributed by atoms with Crippen LogP contribution in [0.25, 0.3) is 0 Å². The molecule has 2 rings (SSSR count). The molecular formula is C19H27N3O6. The number of aliphatic hydroxyl groups excluding tert-OH is 1. The molecule has 3 N–H and O–H groups in total. The minimum Gasteiger partial charge on any atom is -0.482 e. The van der Waals surface area contributed by atoms with Crippen LogP contribution < -0.4 is 15.4 Å². The molecule has 0 bridgehead atoms. The zero-order chi connectivity index (χ0) is 20.6. The molecule has 1 aromatic rings. The molecule has 9 nitrogen and oxygen atoms in total. The van der Waals surface area contributed by atoms with Gasteiger partial charge in [-0.3, -0.25) is 14.4 Å². The fourth-order valence-electron chi connectivity index (χ4n) is 2.49. The summed E-state index contributed by atoms with van der Waals surface area (Å²) in [6.07, 6.45) is 0.464. The first-order chi connectivity index (χ1) is 13.4. The zero-order valence-electron chi connectivity index (χ0n) is 16.2. The molecule has 0 saturated carbocycles. The number of carbonyl (C=O) groups excluding carboxylic acids is 3. The van der Waals surface area contributed by atoms with Gasteiger partial charge in [-0.15, -0.1) is 0 Å². The van der Waals surface area contributed by atoms with E-state index in [0.717, 1.165) is 0 Å². The van der Waals surface area contributed by atoms with Gasteiger partial charge in [-0.2, -0.15) is 0 Å². The maximum atomic E-state index is 12.2. The van der Waals surface area contributed by atoms with Gasteiger partial charge in [0.25, 0.3) is 5.91 Å². The lowest BCUT2D eigenvalue weighted by molar-refractivity contribution is -0.137. The van der Waals surface area contributed by atoms with E-state index in [1.165, 1.54) is 0 Å². The van der Waals surface area contributed by atoms with E-state index in [0.29, 0.717) is 32.7 Å². The highest BCUT2D eigenvalue weighted by Crippen LogP contribution is 2.24. The largest absolute Gasteiger partial charge is 0.482 e. The molecule has 1 saturated heterocycles.